The van der Waals surface area contributed by atoms with Gasteiger partial charge in [0.15, 0.2) is 0 Å². The van der Waals surface area contributed by atoms with Crippen LogP contribution in [0.1, 0.15) is 51.4 Å². The molecule has 3 rings (SSSR count). The Balaban J connectivity index is 1.61. The molecule has 5 nitrogen and oxygen atoms in total. The average molecular weight is 300 g/mol. The van der Waals surface area contributed by atoms with Gasteiger partial charge in [-0.15, -0.1) is 0 Å². The van der Waals surface area contributed by atoms with Gasteiger partial charge in [-0.05, 0) is 38.5 Å². The summed E-state index contributed by atoms with van der Waals surface area (Å²) in [5.41, 5.74) is 0. The van der Waals surface area contributed by atoms with Gasteiger partial charge in [0.1, 0.15) is 0 Å². The highest BCUT2D eigenvalue weighted by atomic mass is 32.2. The normalized spacial score (nSPS) is 28.8. The second-order valence-corrected chi connectivity index (χ2v) is 8.46. The van der Waals surface area contributed by atoms with Crippen LogP contribution in [0.2, 0.25) is 0 Å². The number of rotatable bonds is 4. The van der Waals surface area contributed by atoms with E-state index in [2.05, 4.69) is 4.72 Å². The van der Waals surface area contributed by atoms with Crippen molar-refractivity contribution in [3.8, 4) is 0 Å². The van der Waals surface area contributed by atoms with E-state index in [4.69, 9.17) is 0 Å². The fraction of sp³-hybridized carbons (Fsp3) is 0.929. The number of nitrogens with zero attached hydrogens (tertiary/aromatic N) is 1. The number of amides is 1. The molecule has 0 spiro atoms. The molecule has 3 aliphatic rings. The first kappa shape index (κ1) is 14.3. The van der Waals surface area contributed by atoms with E-state index in [1.165, 1.54) is 0 Å². The van der Waals surface area contributed by atoms with E-state index in [9.17, 15) is 13.2 Å². The molecule has 0 unspecified atom stereocenters. The van der Waals surface area contributed by atoms with Crippen LogP contribution < -0.4 is 4.72 Å². The minimum absolute atomic E-state index is 0.120. The first-order valence-corrected chi connectivity index (χ1v) is 9.41. The van der Waals surface area contributed by atoms with E-state index in [-0.39, 0.29) is 17.9 Å². The van der Waals surface area contributed by atoms with E-state index in [1.807, 2.05) is 0 Å². The molecule has 114 valence electrons. The van der Waals surface area contributed by atoms with Gasteiger partial charge in [0.2, 0.25) is 15.9 Å². The first-order valence-electron chi connectivity index (χ1n) is 7.86. The van der Waals surface area contributed by atoms with E-state index >= 15 is 0 Å². The molecule has 0 radical (unpaired) electrons. The molecule has 1 saturated heterocycles. The van der Waals surface area contributed by atoms with E-state index in [1.54, 1.807) is 4.90 Å². The van der Waals surface area contributed by atoms with Gasteiger partial charge < -0.3 is 4.90 Å². The Morgan fingerprint density at radius 1 is 1.00 bits per heavy atom. The Morgan fingerprint density at radius 3 is 2.35 bits per heavy atom. The lowest BCUT2D eigenvalue weighted by atomic mass is 10.1. The third kappa shape index (κ3) is 3.17. The number of hydrogen-bond acceptors (Lipinski definition) is 3. The third-order valence-corrected chi connectivity index (χ3v) is 6.67. The number of hydrogen-bond donors (Lipinski definition) is 1. The maximum atomic E-state index is 12.4. The first-order chi connectivity index (χ1) is 9.56. The SMILES string of the molecule is O=C(C1CC1)N1CCC[C@H](S(=O)(=O)NC2CCCC2)C1. The zero-order valence-corrected chi connectivity index (χ0v) is 12.7. The zero-order valence-electron chi connectivity index (χ0n) is 11.9. The molecule has 0 aromatic rings. The predicted molar refractivity (Wildman–Crippen MR) is 76.6 cm³/mol. The summed E-state index contributed by atoms with van der Waals surface area (Å²) >= 11 is 0. The Labute approximate surface area is 121 Å². The lowest BCUT2D eigenvalue weighted by molar-refractivity contribution is -0.133. The van der Waals surface area contributed by atoms with Crippen LogP contribution in [-0.4, -0.2) is 43.6 Å². The van der Waals surface area contributed by atoms with Gasteiger partial charge in [0, 0.05) is 25.0 Å². The van der Waals surface area contributed by atoms with Crippen molar-refractivity contribution in [1.82, 2.24) is 9.62 Å². The maximum Gasteiger partial charge on any atom is 0.225 e. The molecule has 1 amide bonds. The number of nitrogens with one attached hydrogen (secondary N) is 1. The van der Waals surface area contributed by atoms with Crippen LogP contribution in [0.3, 0.4) is 0 Å². The van der Waals surface area contributed by atoms with Crippen molar-refractivity contribution in [2.75, 3.05) is 13.1 Å². The molecule has 2 aliphatic carbocycles. The Morgan fingerprint density at radius 2 is 1.70 bits per heavy atom. The van der Waals surface area contributed by atoms with E-state index in [0.29, 0.717) is 13.0 Å². The van der Waals surface area contributed by atoms with Crippen molar-refractivity contribution in [3.63, 3.8) is 0 Å². The van der Waals surface area contributed by atoms with Crippen LogP contribution in [0.15, 0.2) is 0 Å². The van der Waals surface area contributed by atoms with Gasteiger partial charge in [0.05, 0.1) is 5.25 Å². The third-order valence-electron chi connectivity index (χ3n) is 4.74. The molecule has 20 heavy (non-hydrogen) atoms. The van der Waals surface area contributed by atoms with Crippen molar-refractivity contribution >= 4 is 15.9 Å². The number of piperidine rings is 1. The fourth-order valence-corrected chi connectivity index (χ4v) is 5.10. The molecular weight excluding hydrogens is 276 g/mol. The molecule has 0 bridgehead atoms. The minimum Gasteiger partial charge on any atom is -0.341 e. The van der Waals surface area contributed by atoms with Gasteiger partial charge in [0.25, 0.3) is 0 Å². The summed E-state index contributed by atoms with van der Waals surface area (Å²) in [4.78, 5) is 13.9. The Kier molecular flexibility index (Phi) is 4.04. The van der Waals surface area contributed by atoms with Crippen LogP contribution in [-0.2, 0) is 14.8 Å². The number of carbonyl (C=O) groups is 1. The Bertz CT molecular complexity index is 467. The summed E-state index contributed by atoms with van der Waals surface area (Å²) < 4.78 is 27.8. The van der Waals surface area contributed by atoms with Crippen LogP contribution >= 0.6 is 0 Å². The highest BCUT2D eigenvalue weighted by Crippen LogP contribution is 2.32. The lowest BCUT2D eigenvalue weighted by Gasteiger charge is -2.33. The van der Waals surface area contributed by atoms with Crippen LogP contribution in [0.25, 0.3) is 0 Å². The number of sulfonamides is 1. The summed E-state index contributed by atoms with van der Waals surface area (Å²) in [6, 6.07) is 0.120. The summed E-state index contributed by atoms with van der Waals surface area (Å²) in [6.45, 7) is 1.11. The van der Waals surface area contributed by atoms with Crippen LogP contribution in [0.4, 0.5) is 0 Å². The van der Waals surface area contributed by atoms with Gasteiger partial charge >= 0.3 is 0 Å². The Hall–Kier alpha value is -0.620. The average Bonchev–Trinajstić information content (AvgIpc) is 3.17. The van der Waals surface area contributed by atoms with Crippen molar-refractivity contribution in [1.29, 1.82) is 0 Å². The van der Waals surface area contributed by atoms with Gasteiger partial charge in [-0.3, -0.25) is 4.79 Å². The van der Waals surface area contributed by atoms with Crippen LogP contribution in [0, 0.1) is 5.92 Å². The molecular formula is C14H24N2O3S. The van der Waals surface area contributed by atoms with Crippen molar-refractivity contribution in [3.05, 3.63) is 0 Å². The zero-order chi connectivity index (χ0) is 14.2. The van der Waals surface area contributed by atoms with Gasteiger partial charge in [-0.2, -0.15) is 0 Å². The number of likely N-dealkylation sites (tertiary alicyclic amines) is 1. The predicted octanol–water partition coefficient (Wildman–Crippen LogP) is 1.25. The van der Waals surface area contributed by atoms with Crippen molar-refractivity contribution in [2.24, 2.45) is 5.92 Å². The summed E-state index contributed by atoms with van der Waals surface area (Å²) in [5, 5.41) is -0.417. The maximum absolute atomic E-state index is 12.4. The van der Waals surface area contributed by atoms with Gasteiger partial charge in [-0.1, -0.05) is 12.8 Å². The monoisotopic (exact) mass is 300 g/mol. The molecule has 1 heterocycles. The highest BCUT2D eigenvalue weighted by molar-refractivity contribution is 7.90. The van der Waals surface area contributed by atoms with Crippen LogP contribution in [0.5, 0.6) is 0 Å². The van der Waals surface area contributed by atoms with E-state index < -0.39 is 15.3 Å². The minimum atomic E-state index is -3.28. The molecule has 1 aliphatic heterocycles. The quantitative estimate of drug-likeness (QED) is 0.849. The van der Waals surface area contributed by atoms with Crippen molar-refractivity contribution in [2.45, 2.75) is 62.7 Å². The summed E-state index contributed by atoms with van der Waals surface area (Å²) in [7, 11) is -3.28. The fourth-order valence-electron chi connectivity index (χ4n) is 3.35. The topological polar surface area (TPSA) is 66.5 Å². The number of carbonyl (C=O) groups excluding carboxylic acids is 1. The summed E-state index contributed by atoms with van der Waals surface area (Å²) in [6.07, 6.45) is 7.58. The largest absolute Gasteiger partial charge is 0.341 e. The second kappa shape index (κ2) is 5.64. The lowest BCUT2D eigenvalue weighted by Crippen LogP contribution is -2.50. The van der Waals surface area contributed by atoms with Crippen molar-refractivity contribution < 1.29 is 13.2 Å². The second-order valence-electron chi connectivity index (χ2n) is 6.47. The highest BCUT2D eigenvalue weighted by Gasteiger charge is 2.39. The molecule has 1 N–H and O–H groups in total. The standard InChI is InChI=1S/C14H24N2O3S/c17-14(11-7-8-11)16-9-3-6-13(10-16)20(18,19)15-12-4-1-2-5-12/h11-13,15H,1-10H2/t13-/m0/s1. The molecule has 0 aromatic carbocycles. The van der Waals surface area contributed by atoms with E-state index in [0.717, 1.165) is 51.5 Å². The molecule has 2 saturated carbocycles. The van der Waals surface area contributed by atoms with Gasteiger partial charge in [-0.25, -0.2) is 13.1 Å². The molecule has 6 heteroatoms. The summed E-state index contributed by atoms with van der Waals surface area (Å²) in [5.74, 6) is 0.352. The smallest absolute Gasteiger partial charge is 0.225 e. The molecule has 3 fully saturated rings. The molecule has 0 aromatic heterocycles. The molecule has 1 atom stereocenters.